The van der Waals surface area contributed by atoms with Crippen LogP contribution in [-0.4, -0.2) is 82.3 Å². The molecule has 93 heavy (non-hydrogen) atoms. The largest absolute Gasteiger partial charge is 0.545 e. The second-order valence-corrected chi connectivity index (χ2v) is 27.3. The molecule has 0 heterocycles. The van der Waals surface area contributed by atoms with E-state index in [4.69, 9.17) is 18.9 Å². The maximum absolute atomic E-state index is 13.0. The lowest BCUT2D eigenvalue weighted by Crippen LogP contribution is -2.44. The summed E-state index contributed by atoms with van der Waals surface area (Å²) in [4.78, 5) is 37.6. The monoisotopic (exact) mass is 1300 g/mol. The molecular formula is C84H147NO8. The average Bonchev–Trinajstić information content (AvgIpc) is 3.73. The van der Waals surface area contributed by atoms with Crippen LogP contribution in [0.5, 0.6) is 0 Å². The van der Waals surface area contributed by atoms with Crippen molar-refractivity contribution in [2.45, 2.75) is 360 Å². The van der Waals surface area contributed by atoms with Gasteiger partial charge in [0.05, 0.1) is 40.3 Å². The van der Waals surface area contributed by atoms with E-state index in [1.165, 1.54) is 231 Å². The highest BCUT2D eigenvalue weighted by molar-refractivity contribution is 5.70. The van der Waals surface area contributed by atoms with Crippen LogP contribution < -0.4 is 5.11 Å². The number of esters is 2. The molecule has 0 rings (SSSR count). The molecule has 0 aromatic heterocycles. The molecule has 0 aliphatic carbocycles. The molecule has 2 atom stereocenters. The van der Waals surface area contributed by atoms with E-state index in [9.17, 15) is 19.5 Å². The Morgan fingerprint density at radius 3 is 0.914 bits per heavy atom. The van der Waals surface area contributed by atoms with Gasteiger partial charge in [-0.15, -0.1) is 0 Å². The van der Waals surface area contributed by atoms with E-state index in [2.05, 4.69) is 123 Å². The predicted molar refractivity (Wildman–Crippen MR) is 398 cm³/mol. The summed E-state index contributed by atoms with van der Waals surface area (Å²) in [7, 11) is 5.94. The smallest absolute Gasteiger partial charge is 0.306 e. The molecule has 0 saturated carbocycles. The van der Waals surface area contributed by atoms with Gasteiger partial charge < -0.3 is 33.3 Å². The van der Waals surface area contributed by atoms with Crippen LogP contribution in [0.2, 0.25) is 0 Å². The Hall–Kier alpha value is -4.05. The third kappa shape index (κ3) is 75.2. The van der Waals surface area contributed by atoms with Gasteiger partial charge in [0.15, 0.2) is 12.4 Å². The Kier molecular flexibility index (Phi) is 70.5. The van der Waals surface area contributed by atoms with Gasteiger partial charge >= 0.3 is 11.9 Å². The molecule has 0 fully saturated rings. The first-order chi connectivity index (χ1) is 45.6. The highest BCUT2D eigenvalue weighted by Gasteiger charge is 2.22. The quantitative estimate of drug-likeness (QED) is 0.0195. The lowest BCUT2D eigenvalue weighted by Gasteiger charge is -2.26. The fourth-order valence-electron chi connectivity index (χ4n) is 11.1. The van der Waals surface area contributed by atoms with Crippen molar-refractivity contribution < 1.29 is 42.9 Å². The number of ether oxygens (including phenoxy) is 4. The van der Waals surface area contributed by atoms with Gasteiger partial charge in [0.2, 0.25) is 0 Å². The molecule has 9 heteroatoms. The van der Waals surface area contributed by atoms with E-state index >= 15 is 0 Å². The topological polar surface area (TPSA) is 111 Å². The molecule has 0 radical (unpaired) electrons. The Balaban J connectivity index is 4.04. The molecule has 0 N–H and O–H groups in total. The summed E-state index contributed by atoms with van der Waals surface area (Å²) in [6.45, 7) is 4.66. The summed E-state index contributed by atoms with van der Waals surface area (Å²) >= 11 is 0. The zero-order valence-electron chi connectivity index (χ0n) is 61.4. The summed E-state index contributed by atoms with van der Waals surface area (Å²) in [5.41, 5.74) is 0. The van der Waals surface area contributed by atoms with Crippen molar-refractivity contribution in [3.8, 4) is 0 Å². The summed E-state index contributed by atoms with van der Waals surface area (Å²) in [5, 5.41) is 11.9. The molecule has 0 spiro atoms. The number of allylic oxidation sites excluding steroid dienone is 18. The van der Waals surface area contributed by atoms with Crippen LogP contribution in [0, 0.1) is 0 Å². The maximum atomic E-state index is 13.0. The van der Waals surface area contributed by atoms with Gasteiger partial charge in [0.25, 0.3) is 0 Å². The molecule has 536 valence electrons. The third-order valence-corrected chi connectivity index (χ3v) is 17.0. The van der Waals surface area contributed by atoms with E-state index in [1.54, 1.807) is 0 Å². The van der Waals surface area contributed by atoms with Gasteiger partial charge in [-0.2, -0.15) is 0 Å². The number of hydrogen-bond acceptors (Lipinski definition) is 8. The van der Waals surface area contributed by atoms with Crippen molar-refractivity contribution in [2.24, 2.45) is 0 Å². The van der Waals surface area contributed by atoms with Gasteiger partial charge in [-0.05, 0) is 103 Å². The lowest BCUT2D eigenvalue weighted by atomic mass is 10.0. The number of carboxylic acid groups (broad SMARTS) is 1. The van der Waals surface area contributed by atoms with Crippen molar-refractivity contribution in [2.75, 3.05) is 47.5 Å². The first kappa shape index (κ1) is 89.0. The Morgan fingerprint density at radius 1 is 0.333 bits per heavy atom. The van der Waals surface area contributed by atoms with Crippen LogP contribution >= 0.6 is 0 Å². The first-order valence-electron chi connectivity index (χ1n) is 39.0. The molecule has 0 amide bonds. The standard InChI is InChI=1S/C84H147NO8/c1-6-8-10-12-14-16-18-20-22-24-26-28-30-32-34-36-38-39-40-41-42-43-45-47-49-51-53-55-57-59-61-63-65-67-69-71-73-75-82(87)93-80(79-92-84(83(88)89)90-77-76-85(3,4)5)78-91-81(86)74-72-70-68-66-64-62-60-58-56-54-52-50-48-46-44-37-35-33-31-29-27-25-23-21-19-17-15-13-11-9-7-2/h8,10,14,16,19-22,25-28,31-34,38-39,80,84H,6-7,9,11-13,15,17-18,23-24,29-30,35-37,40-79H2,1-5H3/b10-8-,16-14-,21-19-,22-20-,27-25-,28-26-,33-31-,34-32-,39-38-. The van der Waals surface area contributed by atoms with Crippen LogP contribution in [0.25, 0.3) is 0 Å². The normalized spacial score (nSPS) is 13.3. The fourth-order valence-corrected chi connectivity index (χ4v) is 11.1. The van der Waals surface area contributed by atoms with Gasteiger partial charge in [-0.3, -0.25) is 9.59 Å². The Bertz CT molecular complexity index is 1900. The van der Waals surface area contributed by atoms with Crippen LogP contribution in [0.4, 0.5) is 0 Å². The summed E-state index contributed by atoms with van der Waals surface area (Å²) in [5.74, 6) is -2.27. The first-order valence-corrected chi connectivity index (χ1v) is 39.0. The van der Waals surface area contributed by atoms with Gasteiger partial charge in [0, 0.05) is 12.8 Å². The number of rotatable bonds is 72. The second-order valence-electron chi connectivity index (χ2n) is 27.3. The van der Waals surface area contributed by atoms with Crippen molar-refractivity contribution in [3.05, 3.63) is 109 Å². The van der Waals surface area contributed by atoms with Crippen LogP contribution in [0.1, 0.15) is 348 Å². The molecule has 2 unspecified atom stereocenters. The number of aliphatic carboxylic acids is 1. The second kappa shape index (κ2) is 73.8. The van der Waals surface area contributed by atoms with Gasteiger partial charge in [-0.1, -0.05) is 342 Å². The highest BCUT2D eigenvalue weighted by Crippen LogP contribution is 2.18. The number of likely N-dealkylation sites (N-methyl/N-ethyl adjacent to an activating group) is 1. The molecule has 0 bridgehead atoms. The molecule has 0 aromatic carbocycles. The molecule has 0 aromatic rings. The van der Waals surface area contributed by atoms with Gasteiger partial charge in [-0.25, -0.2) is 0 Å². The van der Waals surface area contributed by atoms with E-state index in [1.807, 2.05) is 21.1 Å². The summed E-state index contributed by atoms with van der Waals surface area (Å²) < 4.78 is 22.9. The zero-order chi connectivity index (χ0) is 67.5. The minimum absolute atomic E-state index is 0.146. The average molecular weight is 1300 g/mol. The minimum Gasteiger partial charge on any atom is -0.545 e. The Morgan fingerprint density at radius 2 is 0.613 bits per heavy atom. The number of quaternary nitrogens is 1. The van der Waals surface area contributed by atoms with Crippen molar-refractivity contribution in [3.63, 3.8) is 0 Å². The van der Waals surface area contributed by atoms with E-state index in [-0.39, 0.29) is 32.2 Å². The molecule has 0 saturated heterocycles. The number of carboxylic acids is 1. The van der Waals surface area contributed by atoms with Crippen LogP contribution in [-0.2, 0) is 33.3 Å². The highest BCUT2D eigenvalue weighted by atomic mass is 16.7. The Labute approximate surface area is 575 Å². The summed E-state index contributed by atoms with van der Waals surface area (Å²) in [6.07, 6.45) is 101. The minimum atomic E-state index is -1.63. The molecular weight excluding hydrogens is 1150 g/mol. The van der Waals surface area contributed by atoms with Crippen molar-refractivity contribution in [1.29, 1.82) is 0 Å². The number of carbonyl (C=O) groups is 3. The zero-order valence-corrected chi connectivity index (χ0v) is 61.4. The van der Waals surface area contributed by atoms with Gasteiger partial charge in [0.1, 0.15) is 13.2 Å². The van der Waals surface area contributed by atoms with Crippen molar-refractivity contribution in [1.82, 2.24) is 0 Å². The summed E-state index contributed by atoms with van der Waals surface area (Å²) in [6, 6.07) is 0. The van der Waals surface area contributed by atoms with Crippen LogP contribution in [0.15, 0.2) is 109 Å². The van der Waals surface area contributed by atoms with E-state index in [0.29, 0.717) is 23.9 Å². The molecule has 9 nitrogen and oxygen atoms in total. The molecule has 0 aliphatic heterocycles. The number of hydrogen-bond donors (Lipinski definition) is 0. The van der Waals surface area contributed by atoms with Crippen LogP contribution in [0.3, 0.4) is 0 Å². The number of unbranched alkanes of at least 4 members (excludes halogenated alkanes) is 39. The van der Waals surface area contributed by atoms with E-state index < -0.39 is 24.3 Å². The maximum Gasteiger partial charge on any atom is 0.306 e. The van der Waals surface area contributed by atoms with E-state index in [0.717, 1.165) is 83.5 Å². The SMILES string of the molecule is CC/C=C\C/C=C\C/C=C\C/C=C\C/C=C\C/C=C\CCCCCCCCCCCCCCCCCCCCC(=O)OC(COC(=O)CCCCCCCCCCCCCCCCCC/C=C\C/C=C\C/C=C\CCCCCCC)COC(OCC[N+](C)(C)C)C(=O)[O-]. The fraction of sp³-hybridized carbons (Fsp3) is 0.750. The number of carbonyl (C=O) groups excluding carboxylic acids is 3. The lowest BCUT2D eigenvalue weighted by molar-refractivity contribution is -0.870. The van der Waals surface area contributed by atoms with Crippen molar-refractivity contribution >= 4 is 17.9 Å². The third-order valence-electron chi connectivity index (χ3n) is 17.0. The predicted octanol–water partition coefficient (Wildman–Crippen LogP) is 23.6. The molecule has 0 aliphatic rings. The number of nitrogens with zero attached hydrogens (tertiary/aromatic N) is 1.